The standard InChI is InChI=1S/C18H23FN4O2/c1-22-11-14(10-21-22)12-23-7-4-18(5-8-23)9-15(13-24-18)25-17-16(19)3-2-6-20-17/h2-3,6,10-11,15H,4-5,7-9,12-13H2,1H3/t15-/m1/s1. The molecule has 0 radical (unpaired) electrons. The monoisotopic (exact) mass is 346 g/mol. The van der Waals surface area contributed by atoms with Crippen molar-refractivity contribution in [2.24, 2.45) is 7.05 Å². The summed E-state index contributed by atoms with van der Waals surface area (Å²) in [6.07, 6.45) is 8.12. The van der Waals surface area contributed by atoms with Crippen molar-refractivity contribution in [1.82, 2.24) is 19.7 Å². The molecule has 134 valence electrons. The smallest absolute Gasteiger partial charge is 0.250 e. The molecule has 4 heterocycles. The third-order valence-electron chi connectivity index (χ3n) is 5.11. The molecule has 2 saturated heterocycles. The molecule has 0 amide bonds. The van der Waals surface area contributed by atoms with Crippen molar-refractivity contribution >= 4 is 0 Å². The summed E-state index contributed by atoms with van der Waals surface area (Å²) in [6.45, 7) is 3.39. The van der Waals surface area contributed by atoms with Gasteiger partial charge >= 0.3 is 0 Å². The Labute approximate surface area is 146 Å². The van der Waals surface area contributed by atoms with Gasteiger partial charge in [0.1, 0.15) is 6.10 Å². The van der Waals surface area contributed by atoms with E-state index in [-0.39, 0.29) is 17.6 Å². The number of piperidine rings is 1. The first kappa shape index (κ1) is 16.5. The van der Waals surface area contributed by atoms with Crippen LogP contribution in [0, 0.1) is 5.82 Å². The summed E-state index contributed by atoms with van der Waals surface area (Å²) in [5.74, 6) is -0.350. The fourth-order valence-electron chi connectivity index (χ4n) is 3.77. The fraction of sp³-hybridized carbons (Fsp3) is 0.556. The average molecular weight is 346 g/mol. The van der Waals surface area contributed by atoms with Crippen LogP contribution >= 0.6 is 0 Å². The van der Waals surface area contributed by atoms with Crippen LogP contribution in [-0.2, 0) is 18.3 Å². The van der Waals surface area contributed by atoms with Gasteiger partial charge < -0.3 is 9.47 Å². The molecule has 1 spiro atoms. The quantitative estimate of drug-likeness (QED) is 0.849. The largest absolute Gasteiger partial charge is 0.470 e. The number of hydrogen-bond acceptors (Lipinski definition) is 5. The van der Waals surface area contributed by atoms with E-state index >= 15 is 0 Å². The number of hydrogen-bond donors (Lipinski definition) is 0. The van der Waals surface area contributed by atoms with Crippen molar-refractivity contribution in [3.63, 3.8) is 0 Å². The molecule has 0 aliphatic carbocycles. The number of pyridine rings is 1. The zero-order valence-corrected chi connectivity index (χ0v) is 14.4. The van der Waals surface area contributed by atoms with E-state index in [1.807, 2.05) is 17.9 Å². The van der Waals surface area contributed by atoms with Gasteiger partial charge in [0.25, 0.3) is 5.88 Å². The molecule has 0 N–H and O–H groups in total. The maximum Gasteiger partial charge on any atom is 0.250 e. The molecular formula is C18H23FN4O2. The predicted molar refractivity (Wildman–Crippen MR) is 89.6 cm³/mol. The fourth-order valence-corrected chi connectivity index (χ4v) is 3.77. The number of aryl methyl sites for hydroxylation is 1. The van der Waals surface area contributed by atoms with Crippen molar-refractivity contribution in [2.75, 3.05) is 19.7 Å². The van der Waals surface area contributed by atoms with Crippen LogP contribution in [0.5, 0.6) is 5.88 Å². The van der Waals surface area contributed by atoms with Gasteiger partial charge in [-0.1, -0.05) is 0 Å². The number of halogens is 1. The van der Waals surface area contributed by atoms with Crippen molar-refractivity contribution < 1.29 is 13.9 Å². The third-order valence-corrected chi connectivity index (χ3v) is 5.11. The third kappa shape index (κ3) is 3.67. The van der Waals surface area contributed by atoms with Crippen molar-refractivity contribution in [1.29, 1.82) is 0 Å². The second kappa shape index (κ2) is 6.72. The maximum absolute atomic E-state index is 13.7. The summed E-state index contributed by atoms with van der Waals surface area (Å²) >= 11 is 0. The molecule has 2 aromatic heterocycles. The summed E-state index contributed by atoms with van der Waals surface area (Å²) in [7, 11) is 1.94. The lowest BCUT2D eigenvalue weighted by Gasteiger charge is -2.38. The topological polar surface area (TPSA) is 52.4 Å². The molecule has 0 bridgehead atoms. The first-order valence-corrected chi connectivity index (χ1v) is 8.73. The second-order valence-electron chi connectivity index (χ2n) is 7.03. The van der Waals surface area contributed by atoms with Gasteiger partial charge in [-0.05, 0) is 25.0 Å². The van der Waals surface area contributed by atoms with Crippen LogP contribution in [0.25, 0.3) is 0 Å². The zero-order chi connectivity index (χ0) is 17.3. The minimum absolute atomic E-state index is 0.0714. The minimum atomic E-state index is -0.422. The van der Waals surface area contributed by atoms with Gasteiger partial charge in [0.2, 0.25) is 0 Å². The summed E-state index contributed by atoms with van der Waals surface area (Å²) in [6, 6.07) is 2.93. The molecule has 2 aliphatic heterocycles. The van der Waals surface area contributed by atoms with Crippen LogP contribution in [0.2, 0.25) is 0 Å². The van der Waals surface area contributed by atoms with E-state index < -0.39 is 5.82 Å². The molecule has 7 heteroatoms. The molecule has 6 nitrogen and oxygen atoms in total. The SMILES string of the molecule is Cn1cc(CN2CCC3(CC2)C[C@@H](Oc2ncccc2F)CO3)cn1. The highest BCUT2D eigenvalue weighted by molar-refractivity contribution is 5.14. The normalized spacial score (nSPS) is 23.2. The van der Waals surface area contributed by atoms with Crippen LogP contribution in [0.4, 0.5) is 4.39 Å². The highest BCUT2D eigenvalue weighted by Crippen LogP contribution is 2.37. The average Bonchev–Trinajstić information content (AvgIpc) is 3.19. The van der Waals surface area contributed by atoms with Crippen LogP contribution in [0.1, 0.15) is 24.8 Å². The highest BCUT2D eigenvalue weighted by atomic mass is 19.1. The predicted octanol–water partition coefficient (Wildman–Crippen LogP) is 2.16. The lowest BCUT2D eigenvalue weighted by atomic mass is 9.88. The number of aromatic nitrogens is 3. The van der Waals surface area contributed by atoms with Crippen LogP contribution in [-0.4, -0.2) is 51.1 Å². The molecule has 2 aliphatic rings. The molecule has 0 unspecified atom stereocenters. The molecule has 1 atom stereocenters. The van der Waals surface area contributed by atoms with Gasteiger partial charge in [0.05, 0.1) is 18.4 Å². The first-order valence-electron chi connectivity index (χ1n) is 8.73. The molecular weight excluding hydrogens is 323 g/mol. The Morgan fingerprint density at radius 3 is 2.96 bits per heavy atom. The van der Waals surface area contributed by atoms with Gasteiger partial charge in [-0.15, -0.1) is 0 Å². The van der Waals surface area contributed by atoms with E-state index in [1.54, 1.807) is 12.3 Å². The first-order chi connectivity index (χ1) is 12.1. The van der Waals surface area contributed by atoms with E-state index in [1.165, 1.54) is 11.6 Å². The number of ether oxygens (including phenoxy) is 2. The Hall–Kier alpha value is -1.99. The maximum atomic E-state index is 13.7. The minimum Gasteiger partial charge on any atom is -0.470 e. The molecule has 0 aromatic carbocycles. The molecule has 0 saturated carbocycles. The van der Waals surface area contributed by atoms with Gasteiger partial charge in [-0.3, -0.25) is 9.58 Å². The number of rotatable bonds is 4. The lowest BCUT2D eigenvalue weighted by molar-refractivity contribution is -0.0455. The van der Waals surface area contributed by atoms with Gasteiger partial charge in [-0.25, -0.2) is 9.37 Å². The van der Waals surface area contributed by atoms with Gasteiger partial charge in [0, 0.05) is 51.1 Å². The Morgan fingerprint density at radius 1 is 1.40 bits per heavy atom. The van der Waals surface area contributed by atoms with Crippen molar-refractivity contribution in [2.45, 2.75) is 37.5 Å². The van der Waals surface area contributed by atoms with Crippen molar-refractivity contribution in [3.8, 4) is 5.88 Å². The van der Waals surface area contributed by atoms with E-state index in [4.69, 9.17) is 9.47 Å². The van der Waals surface area contributed by atoms with Crippen LogP contribution in [0.3, 0.4) is 0 Å². The summed E-state index contributed by atoms with van der Waals surface area (Å²) in [5, 5.41) is 4.22. The van der Waals surface area contributed by atoms with Crippen LogP contribution in [0.15, 0.2) is 30.7 Å². The Bertz CT molecular complexity index is 727. The number of nitrogens with zero attached hydrogens (tertiary/aromatic N) is 4. The van der Waals surface area contributed by atoms with E-state index in [9.17, 15) is 4.39 Å². The Kier molecular flexibility index (Phi) is 4.43. The molecule has 2 fully saturated rings. The van der Waals surface area contributed by atoms with E-state index in [0.717, 1.165) is 38.9 Å². The van der Waals surface area contributed by atoms with Gasteiger partial charge in [0.15, 0.2) is 5.82 Å². The molecule has 25 heavy (non-hydrogen) atoms. The lowest BCUT2D eigenvalue weighted by Crippen LogP contribution is -2.44. The molecule has 2 aromatic rings. The zero-order valence-electron chi connectivity index (χ0n) is 14.4. The number of likely N-dealkylation sites (tertiary alicyclic amines) is 1. The highest BCUT2D eigenvalue weighted by Gasteiger charge is 2.43. The van der Waals surface area contributed by atoms with Crippen molar-refractivity contribution in [3.05, 3.63) is 42.1 Å². The summed E-state index contributed by atoms with van der Waals surface area (Å²) in [4.78, 5) is 6.40. The summed E-state index contributed by atoms with van der Waals surface area (Å²) in [5.41, 5.74) is 1.10. The Balaban J connectivity index is 1.30. The van der Waals surface area contributed by atoms with E-state index in [2.05, 4.69) is 21.2 Å². The van der Waals surface area contributed by atoms with Crippen LogP contribution < -0.4 is 4.74 Å². The van der Waals surface area contributed by atoms with Gasteiger partial charge in [-0.2, -0.15) is 5.10 Å². The second-order valence-corrected chi connectivity index (χ2v) is 7.03. The van der Waals surface area contributed by atoms with E-state index in [0.29, 0.717) is 6.61 Å². The summed E-state index contributed by atoms with van der Waals surface area (Å²) < 4.78 is 27.3. The Morgan fingerprint density at radius 2 is 2.24 bits per heavy atom. The molecule has 4 rings (SSSR count).